The van der Waals surface area contributed by atoms with Gasteiger partial charge in [0, 0.05) is 15.3 Å². The monoisotopic (exact) mass is 384 g/mol. The summed E-state index contributed by atoms with van der Waals surface area (Å²) in [7, 11) is 0. The molecule has 104 valence electrons. The molecule has 0 spiro atoms. The molecule has 1 aliphatic carbocycles. The quantitative estimate of drug-likeness (QED) is 0.577. The zero-order chi connectivity index (χ0) is 14.2. The number of carbonyl (C=O) groups excluding carboxylic acids is 1. The van der Waals surface area contributed by atoms with E-state index in [-0.39, 0.29) is 0 Å². The number of nitrogens with one attached hydrogen (secondary N) is 1. The van der Waals surface area contributed by atoms with Crippen molar-refractivity contribution in [2.75, 3.05) is 5.73 Å². The van der Waals surface area contributed by atoms with E-state index < -0.39 is 18.1 Å². The number of nitrogen functional groups attached to an aromatic ring is 1. The average molecular weight is 384 g/mol. The number of anilines is 1. The number of benzene rings is 1. The van der Waals surface area contributed by atoms with Crippen molar-refractivity contribution >= 4 is 34.2 Å². The summed E-state index contributed by atoms with van der Waals surface area (Å²) in [6.07, 6.45) is -3.28. The number of fused-ring (bicyclic) bond motifs is 1. The summed E-state index contributed by atoms with van der Waals surface area (Å²) in [5, 5.41) is 2.04. The molecule has 7 heteroatoms. The molecule has 0 aliphatic heterocycles. The normalized spacial score (nSPS) is 18.8. The Morgan fingerprint density at radius 1 is 1.42 bits per heavy atom. The van der Waals surface area contributed by atoms with Crippen molar-refractivity contribution in [1.82, 2.24) is 5.32 Å². The maximum absolute atomic E-state index is 12.2. The van der Waals surface area contributed by atoms with Crippen LogP contribution in [0.3, 0.4) is 0 Å². The van der Waals surface area contributed by atoms with Crippen molar-refractivity contribution in [1.29, 1.82) is 0 Å². The fourth-order valence-electron chi connectivity index (χ4n) is 2.20. The Hall–Kier alpha value is -0.990. The number of hydrogen-bond donors (Lipinski definition) is 2. The molecular formula is C12H12F3IN2O. The molecule has 1 aliphatic rings. The lowest BCUT2D eigenvalue weighted by molar-refractivity contribution is -0.174. The van der Waals surface area contributed by atoms with Crippen LogP contribution in [0.2, 0.25) is 0 Å². The van der Waals surface area contributed by atoms with Gasteiger partial charge >= 0.3 is 12.1 Å². The number of halogens is 4. The highest BCUT2D eigenvalue weighted by molar-refractivity contribution is 14.1. The second-order valence-corrected chi connectivity index (χ2v) is 5.60. The maximum Gasteiger partial charge on any atom is 0.471 e. The number of alkyl halides is 3. The zero-order valence-corrected chi connectivity index (χ0v) is 12.0. The number of rotatable bonds is 1. The van der Waals surface area contributed by atoms with E-state index >= 15 is 0 Å². The van der Waals surface area contributed by atoms with Crippen LogP contribution in [-0.4, -0.2) is 18.1 Å². The van der Waals surface area contributed by atoms with Crippen LogP contribution in [0.25, 0.3) is 0 Å². The standard InChI is InChI=1S/C12H12F3IN2O/c13-12(14,15)11(19)18-7-3-1-6-2-4-9(17)10(16)8(6)5-7/h2,4,7H,1,3,5,17H2,(H,18,19). The summed E-state index contributed by atoms with van der Waals surface area (Å²) in [4.78, 5) is 10.9. The van der Waals surface area contributed by atoms with Crippen LogP contribution in [0.5, 0.6) is 0 Å². The Morgan fingerprint density at radius 2 is 2.11 bits per heavy atom. The van der Waals surface area contributed by atoms with Gasteiger partial charge in [-0.25, -0.2) is 0 Å². The van der Waals surface area contributed by atoms with E-state index in [4.69, 9.17) is 5.73 Å². The molecule has 0 radical (unpaired) electrons. The predicted molar refractivity (Wildman–Crippen MR) is 73.6 cm³/mol. The van der Waals surface area contributed by atoms with Crippen LogP contribution in [-0.2, 0) is 17.6 Å². The molecule has 0 heterocycles. The Morgan fingerprint density at radius 3 is 2.74 bits per heavy atom. The van der Waals surface area contributed by atoms with Gasteiger partial charge in [-0.2, -0.15) is 13.2 Å². The van der Waals surface area contributed by atoms with E-state index in [1.165, 1.54) is 0 Å². The second kappa shape index (κ2) is 5.18. The summed E-state index contributed by atoms with van der Waals surface area (Å²) >= 11 is 2.09. The van der Waals surface area contributed by atoms with Crippen molar-refractivity contribution < 1.29 is 18.0 Å². The summed E-state index contributed by atoms with van der Waals surface area (Å²) in [6, 6.07) is 3.21. The Labute approximate surface area is 121 Å². The van der Waals surface area contributed by atoms with Crippen molar-refractivity contribution in [2.45, 2.75) is 31.5 Å². The second-order valence-electron chi connectivity index (χ2n) is 4.52. The number of aryl methyl sites for hydroxylation is 1. The Kier molecular flexibility index (Phi) is 3.93. The lowest BCUT2D eigenvalue weighted by atomic mass is 9.88. The first-order chi connectivity index (χ1) is 8.79. The fourth-order valence-corrected chi connectivity index (χ4v) is 2.95. The van der Waals surface area contributed by atoms with Gasteiger partial charge in [-0.1, -0.05) is 6.07 Å². The van der Waals surface area contributed by atoms with E-state index in [0.717, 1.165) is 14.7 Å². The first kappa shape index (κ1) is 14.4. The molecule has 0 fully saturated rings. The number of carbonyl (C=O) groups is 1. The van der Waals surface area contributed by atoms with Gasteiger partial charge in [-0.3, -0.25) is 4.79 Å². The number of hydrogen-bond acceptors (Lipinski definition) is 2. The molecule has 0 saturated carbocycles. The maximum atomic E-state index is 12.2. The first-order valence-electron chi connectivity index (χ1n) is 5.72. The molecule has 1 aromatic carbocycles. The first-order valence-corrected chi connectivity index (χ1v) is 6.80. The van der Waals surface area contributed by atoms with Gasteiger partial charge in [0.25, 0.3) is 0 Å². The molecule has 2 rings (SSSR count). The molecule has 1 amide bonds. The van der Waals surface area contributed by atoms with Gasteiger partial charge < -0.3 is 11.1 Å². The molecular weight excluding hydrogens is 372 g/mol. The van der Waals surface area contributed by atoms with Crippen LogP contribution in [0.15, 0.2) is 12.1 Å². The van der Waals surface area contributed by atoms with Crippen LogP contribution < -0.4 is 11.1 Å². The third kappa shape index (κ3) is 3.13. The van der Waals surface area contributed by atoms with Gasteiger partial charge in [0.2, 0.25) is 0 Å². The Bertz CT molecular complexity index is 516. The van der Waals surface area contributed by atoms with Gasteiger partial charge in [-0.05, 0) is 59.0 Å². The van der Waals surface area contributed by atoms with Crippen LogP contribution in [0.4, 0.5) is 18.9 Å². The van der Waals surface area contributed by atoms with Gasteiger partial charge in [-0.15, -0.1) is 0 Å². The Balaban J connectivity index is 2.14. The molecule has 1 atom stereocenters. The average Bonchev–Trinajstić information content (AvgIpc) is 2.33. The van der Waals surface area contributed by atoms with Crippen LogP contribution >= 0.6 is 22.6 Å². The smallest absolute Gasteiger partial charge is 0.398 e. The highest BCUT2D eigenvalue weighted by Gasteiger charge is 2.40. The molecule has 3 N–H and O–H groups in total. The topological polar surface area (TPSA) is 55.1 Å². The van der Waals surface area contributed by atoms with Crippen molar-refractivity contribution in [3.05, 3.63) is 26.8 Å². The van der Waals surface area contributed by atoms with E-state index in [0.29, 0.717) is 24.9 Å². The summed E-state index contributed by atoms with van der Waals surface area (Å²) in [5.41, 5.74) is 8.44. The molecule has 3 nitrogen and oxygen atoms in total. The lowest BCUT2D eigenvalue weighted by Gasteiger charge is -2.27. The highest BCUT2D eigenvalue weighted by Crippen LogP contribution is 2.30. The molecule has 0 aromatic heterocycles. The van der Waals surface area contributed by atoms with E-state index in [1.807, 2.05) is 11.4 Å². The van der Waals surface area contributed by atoms with E-state index in [2.05, 4.69) is 22.6 Å². The molecule has 19 heavy (non-hydrogen) atoms. The van der Waals surface area contributed by atoms with Crippen molar-refractivity contribution in [3.63, 3.8) is 0 Å². The van der Waals surface area contributed by atoms with Crippen molar-refractivity contribution in [2.24, 2.45) is 0 Å². The fraction of sp³-hybridized carbons (Fsp3) is 0.417. The van der Waals surface area contributed by atoms with Crippen LogP contribution in [0, 0.1) is 3.57 Å². The minimum Gasteiger partial charge on any atom is -0.398 e. The third-order valence-corrected chi connectivity index (χ3v) is 4.45. The largest absolute Gasteiger partial charge is 0.471 e. The number of amides is 1. The van der Waals surface area contributed by atoms with Gasteiger partial charge in [0.05, 0.1) is 0 Å². The van der Waals surface area contributed by atoms with Gasteiger partial charge in [0.1, 0.15) is 0 Å². The summed E-state index contributed by atoms with van der Waals surface area (Å²) in [5.74, 6) is -1.88. The molecule has 0 saturated heterocycles. The highest BCUT2D eigenvalue weighted by atomic mass is 127. The van der Waals surface area contributed by atoms with Gasteiger partial charge in [0.15, 0.2) is 0 Å². The SMILES string of the molecule is Nc1ccc2c(c1I)CC(NC(=O)C(F)(F)F)CC2. The number of nitrogens with two attached hydrogens (primary N) is 1. The molecule has 0 bridgehead atoms. The summed E-state index contributed by atoms with van der Waals surface area (Å²) < 4.78 is 37.5. The van der Waals surface area contributed by atoms with Crippen LogP contribution in [0.1, 0.15) is 17.5 Å². The lowest BCUT2D eigenvalue weighted by Crippen LogP contribution is -2.45. The predicted octanol–water partition coefficient (Wildman–Crippen LogP) is 2.41. The minimum absolute atomic E-state index is 0.389. The molecule has 1 aromatic rings. The van der Waals surface area contributed by atoms with Crippen molar-refractivity contribution in [3.8, 4) is 0 Å². The molecule has 1 unspecified atom stereocenters. The van der Waals surface area contributed by atoms with E-state index in [9.17, 15) is 18.0 Å². The minimum atomic E-state index is -4.83. The van der Waals surface area contributed by atoms with E-state index in [1.54, 1.807) is 6.07 Å². The third-order valence-electron chi connectivity index (χ3n) is 3.18. The summed E-state index contributed by atoms with van der Waals surface area (Å²) in [6.45, 7) is 0. The zero-order valence-electron chi connectivity index (χ0n) is 9.85.